The van der Waals surface area contributed by atoms with Crippen LogP contribution in [0, 0.1) is 5.92 Å². The van der Waals surface area contributed by atoms with Crippen molar-refractivity contribution in [2.24, 2.45) is 10.9 Å². The summed E-state index contributed by atoms with van der Waals surface area (Å²) < 4.78 is 1.67. The van der Waals surface area contributed by atoms with Gasteiger partial charge in [0.25, 0.3) is 0 Å². The van der Waals surface area contributed by atoms with Gasteiger partial charge in [-0.05, 0) is 55.0 Å². The van der Waals surface area contributed by atoms with E-state index in [-0.39, 0.29) is 11.8 Å². The molecule has 1 N–H and O–H groups in total. The Morgan fingerprint density at radius 2 is 2.19 bits per heavy atom. The number of fused-ring (bicyclic) bond motifs is 2. The van der Waals surface area contributed by atoms with E-state index in [1.54, 1.807) is 10.7 Å². The highest BCUT2D eigenvalue weighted by molar-refractivity contribution is 8.13. The summed E-state index contributed by atoms with van der Waals surface area (Å²) in [5, 5.41) is 9.67. The molecular formula is C18H15ClN6OS. The SMILES string of the molecule is O=C(Nc1cn2nc(SC3=NCC=C4C=CC(Cl)=CN43)ccc2n1)C1CC1. The van der Waals surface area contributed by atoms with Crippen molar-refractivity contribution >= 4 is 45.9 Å². The largest absolute Gasteiger partial charge is 0.309 e. The van der Waals surface area contributed by atoms with Crippen LogP contribution < -0.4 is 5.32 Å². The number of anilines is 1. The third-order valence-corrected chi connectivity index (χ3v) is 5.53. The minimum Gasteiger partial charge on any atom is -0.309 e. The molecule has 7 nitrogen and oxygen atoms in total. The number of allylic oxidation sites excluding steroid dienone is 3. The number of imidazole rings is 1. The Morgan fingerprint density at radius 1 is 1.30 bits per heavy atom. The molecule has 3 aliphatic rings. The summed E-state index contributed by atoms with van der Waals surface area (Å²) in [5.41, 5.74) is 1.73. The van der Waals surface area contributed by atoms with E-state index in [0.29, 0.717) is 23.0 Å². The molecule has 9 heteroatoms. The van der Waals surface area contributed by atoms with Crippen LogP contribution in [0.2, 0.25) is 0 Å². The van der Waals surface area contributed by atoms with Gasteiger partial charge in [-0.1, -0.05) is 11.6 Å². The van der Waals surface area contributed by atoms with Gasteiger partial charge in [0.05, 0.1) is 17.8 Å². The maximum absolute atomic E-state index is 11.9. The van der Waals surface area contributed by atoms with Gasteiger partial charge >= 0.3 is 0 Å². The Hall–Kier alpha value is -2.58. The maximum Gasteiger partial charge on any atom is 0.228 e. The summed E-state index contributed by atoms with van der Waals surface area (Å²) in [5.74, 6) is 0.697. The van der Waals surface area contributed by atoms with Crippen LogP contribution in [0.3, 0.4) is 0 Å². The Kier molecular flexibility index (Phi) is 4.02. The highest BCUT2D eigenvalue weighted by Gasteiger charge is 2.30. The Labute approximate surface area is 164 Å². The summed E-state index contributed by atoms with van der Waals surface area (Å²) in [6, 6.07) is 3.77. The number of amides is 1. The fourth-order valence-corrected chi connectivity index (χ4v) is 3.85. The molecule has 2 aliphatic heterocycles. The Morgan fingerprint density at radius 3 is 3.04 bits per heavy atom. The van der Waals surface area contributed by atoms with E-state index >= 15 is 0 Å². The summed E-state index contributed by atoms with van der Waals surface area (Å²) in [6.07, 6.45) is 11.4. The van der Waals surface area contributed by atoms with Gasteiger partial charge in [-0.15, -0.1) is 0 Å². The molecule has 27 heavy (non-hydrogen) atoms. The Bertz CT molecular complexity index is 1060. The van der Waals surface area contributed by atoms with Crippen molar-refractivity contribution in [1.82, 2.24) is 19.5 Å². The third-order valence-electron chi connectivity index (χ3n) is 4.37. The topological polar surface area (TPSA) is 74.9 Å². The minimum absolute atomic E-state index is 0.0331. The van der Waals surface area contributed by atoms with E-state index in [4.69, 9.17) is 11.6 Å². The maximum atomic E-state index is 11.9. The van der Waals surface area contributed by atoms with Crippen LogP contribution in [0.25, 0.3) is 5.65 Å². The molecule has 136 valence electrons. The third kappa shape index (κ3) is 3.38. The highest BCUT2D eigenvalue weighted by atomic mass is 35.5. The predicted octanol–water partition coefficient (Wildman–Crippen LogP) is 3.38. The lowest BCUT2D eigenvalue weighted by Gasteiger charge is -2.27. The summed E-state index contributed by atoms with van der Waals surface area (Å²) in [7, 11) is 0. The monoisotopic (exact) mass is 398 g/mol. The summed E-state index contributed by atoms with van der Waals surface area (Å²) in [6.45, 7) is 0.620. The number of hydrogen-bond donors (Lipinski definition) is 1. The second-order valence-corrected chi connectivity index (χ2v) is 7.86. The second kappa shape index (κ2) is 6.54. The molecular weight excluding hydrogens is 384 g/mol. The first-order valence-electron chi connectivity index (χ1n) is 8.60. The standard InChI is InChI=1S/C18H15ClN6OS/c19-12-3-4-13-7-8-20-18(24(13)9-12)27-16-6-5-15-21-14(10-25(15)23-16)22-17(26)11-1-2-11/h3-7,9-11H,1-2,8H2,(H,22,26). The highest BCUT2D eigenvalue weighted by Crippen LogP contribution is 2.31. The molecule has 4 heterocycles. The fourth-order valence-electron chi connectivity index (χ4n) is 2.84. The first-order valence-corrected chi connectivity index (χ1v) is 9.79. The van der Waals surface area contributed by atoms with Crippen molar-refractivity contribution in [1.29, 1.82) is 0 Å². The number of rotatable bonds is 3. The lowest BCUT2D eigenvalue weighted by Crippen LogP contribution is -2.26. The lowest BCUT2D eigenvalue weighted by atomic mass is 10.2. The molecule has 1 fully saturated rings. The van der Waals surface area contributed by atoms with E-state index < -0.39 is 0 Å². The molecule has 1 saturated carbocycles. The van der Waals surface area contributed by atoms with E-state index in [2.05, 4.69) is 20.4 Å². The number of hydrogen-bond acceptors (Lipinski definition) is 6. The molecule has 0 radical (unpaired) electrons. The number of thioether (sulfide) groups is 1. The number of carbonyl (C=O) groups excluding carboxylic acids is 1. The second-order valence-electron chi connectivity index (χ2n) is 6.44. The molecule has 0 atom stereocenters. The summed E-state index contributed by atoms with van der Waals surface area (Å²) in [4.78, 5) is 22.8. The first kappa shape index (κ1) is 16.6. The van der Waals surface area contributed by atoms with Gasteiger partial charge in [-0.25, -0.2) is 9.50 Å². The number of nitrogens with one attached hydrogen (secondary N) is 1. The molecule has 2 aromatic heterocycles. The van der Waals surface area contributed by atoms with Gasteiger partial charge in [-0.2, -0.15) is 5.10 Å². The molecule has 2 aromatic rings. The number of aromatic nitrogens is 3. The van der Waals surface area contributed by atoms with Gasteiger partial charge in [0.2, 0.25) is 5.91 Å². The van der Waals surface area contributed by atoms with Crippen LogP contribution in [0.4, 0.5) is 5.82 Å². The first-order chi connectivity index (χ1) is 13.2. The van der Waals surface area contributed by atoms with E-state index in [1.807, 2.05) is 41.5 Å². The Balaban J connectivity index is 1.36. The van der Waals surface area contributed by atoms with Crippen molar-refractivity contribution in [3.8, 4) is 0 Å². The van der Waals surface area contributed by atoms with E-state index in [0.717, 1.165) is 28.7 Å². The average molecular weight is 399 g/mol. The number of nitrogens with zero attached hydrogens (tertiary/aromatic N) is 5. The van der Waals surface area contributed by atoms with Crippen LogP contribution in [0.5, 0.6) is 0 Å². The van der Waals surface area contributed by atoms with Crippen molar-refractivity contribution in [3.05, 3.63) is 53.5 Å². The lowest BCUT2D eigenvalue weighted by molar-refractivity contribution is -0.117. The van der Waals surface area contributed by atoms with Crippen molar-refractivity contribution < 1.29 is 4.79 Å². The molecule has 0 saturated heterocycles. The van der Waals surface area contributed by atoms with Crippen LogP contribution in [-0.2, 0) is 4.79 Å². The number of amidine groups is 1. The van der Waals surface area contributed by atoms with Gasteiger partial charge in [-0.3, -0.25) is 14.7 Å². The molecule has 0 bridgehead atoms. The van der Waals surface area contributed by atoms with Crippen LogP contribution in [0.15, 0.2) is 63.5 Å². The number of halogens is 1. The average Bonchev–Trinajstić information content (AvgIpc) is 3.43. The molecule has 0 unspecified atom stereocenters. The fraction of sp³-hybridized carbons (Fsp3) is 0.222. The van der Waals surface area contributed by atoms with Crippen LogP contribution >= 0.6 is 23.4 Å². The molecule has 1 aliphatic carbocycles. The van der Waals surface area contributed by atoms with Gasteiger partial charge in [0.15, 0.2) is 16.6 Å². The van der Waals surface area contributed by atoms with Gasteiger partial charge in [0, 0.05) is 17.8 Å². The number of carbonyl (C=O) groups is 1. The van der Waals surface area contributed by atoms with Crippen molar-refractivity contribution in [2.75, 3.05) is 11.9 Å². The number of aliphatic imine (C=N–C) groups is 1. The molecule has 0 spiro atoms. The zero-order valence-electron chi connectivity index (χ0n) is 14.2. The predicted molar refractivity (Wildman–Crippen MR) is 105 cm³/mol. The normalized spacial score (nSPS) is 18.7. The minimum atomic E-state index is 0.0331. The van der Waals surface area contributed by atoms with Crippen LogP contribution in [-0.4, -0.2) is 37.1 Å². The van der Waals surface area contributed by atoms with Crippen LogP contribution in [0.1, 0.15) is 12.8 Å². The van der Waals surface area contributed by atoms with Gasteiger partial charge < -0.3 is 5.32 Å². The zero-order valence-corrected chi connectivity index (χ0v) is 15.7. The molecule has 0 aromatic carbocycles. The summed E-state index contributed by atoms with van der Waals surface area (Å²) >= 11 is 7.59. The van der Waals surface area contributed by atoms with E-state index in [1.165, 1.54) is 11.8 Å². The molecule has 5 rings (SSSR count). The van der Waals surface area contributed by atoms with Crippen molar-refractivity contribution in [2.45, 2.75) is 17.9 Å². The van der Waals surface area contributed by atoms with Crippen molar-refractivity contribution in [3.63, 3.8) is 0 Å². The molecule has 1 amide bonds. The smallest absolute Gasteiger partial charge is 0.228 e. The van der Waals surface area contributed by atoms with Gasteiger partial charge in [0.1, 0.15) is 5.03 Å². The van der Waals surface area contributed by atoms with E-state index in [9.17, 15) is 4.79 Å². The zero-order chi connectivity index (χ0) is 18.4. The quantitative estimate of drug-likeness (QED) is 0.857.